The summed E-state index contributed by atoms with van der Waals surface area (Å²) in [4.78, 5) is 0. The lowest BCUT2D eigenvalue weighted by molar-refractivity contribution is 0.655. The molecule has 107 heavy (non-hydrogen) atoms. The van der Waals surface area contributed by atoms with Crippen molar-refractivity contribution in [1.82, 2.24) is 0 Å². The molecule has 0 unspecified atom stereocenters. The second-order valence-corrected chi connectivity index (χ2v) is 38.2. The van der Waals surface area contributed by atoms with E-state index in [1.54, 1.807) is 5.19 Å². The summed E-state index contributed by atoms with van der Waals surface area (Å²) in [6.07, 6.45) is 0. The molecule has 0 N–H and O–H groups in total. The number of rotatable bonds is 5. The summed E-state index contributed by atoms with van der Waals surface area (Å²) < 4.78 is 0. The second-order valence-electron chi connectivity index (χ2n) is 33.1. The minimum Gasteiger partial charge on any atom is -0.0656 e. The van der Waals surface area contributed by atoms with Gasteiger partial charge in [0.1, 0.15) is 0 Å². The van der Waals surface area contributed by atoms with Crippen molar-refractivity contribution < 1.29 is 0 Å². The predicted molar refractivity (Wildman–Crippen MR) is 475 cm³/mol. The maximum atomic E-state index is 2.37. The summed E-state index contributed by atoms with van der Waals surface area (Å²) in [6, 6.07) is 92.9. The quantitative estimate of drug-likeness (QED) is 0.151. The lowest BCUT2D eigenvalue weighted by Crippen LogP contribution is -2.37. The zero-order valence-corrected chi connectivity index (χ0v) is 70.7. The Labute approximate surface area is 648 Å². The van der Waals surface area contributed by atoms with Crippen LogP contribution in [0.1, 0.15) is 156 Å². The van der Waals surface area contributed by atoms with Gasteiger partial charge in [-0.3, -0.25) is 0 Å². The smallest absolute Gasteiger partial charge is 0.0656 e. The lowest BCUT2D eigenvalue weighted by Gasteiger charge is -2.23. The van der Waals surface area contributed by atoms with Gasteiger partial charge in [-0.15, -0.1) is 0 Å². The van der Waals surface area contributed by atoms with Crippen LogP contribution in [-0.4, -0.2) is 8.07 Å². The average Bonchev–Trinajstić information content (AvgIpc) is 1.58. The van der Waals surface area contributed by atoms with Crippen LogP contribution in [0, 0.1) is 132 Å². The highest BCUT2D eigenvalue weighted by molar-refractivity contribution is 6.88. The topological polar surface area (TPSA) is 0 Å². The van der Waals surface area contributed by atoms with E-state index in [4.69, 9.17) is 0 Å². The molecule has 0 amide bonds. The normalized spacial score (nSPS) is 12.2. The van der Waals surface area contributed by atoms with Crippen molar-refractivity contribution in [2.24, 2.45) is 0 Å². The summed E-state index contributed by atoms with van der Waals surface area (Å²) >= 11 is 0. The van der Waals surface area contributed by atoms with E-state index in [1.165, 1.54) is 195 Å². The monoisotopic (exact) mass is 1420 g/mol. The Morgan fingerprint density at radius 3 is 1.15 bits per heavy atom. The molecule has 13 aromatic rings. The highest BCUT2D eigenvalue weighted by Gasteiger charge is 2.37. The van der Waals surface area contributed by atoms with E-state index in [-0.39, 0.29) is 10.8 Å². The van der Waals surface area contributed by atoms with Crippen molar-refractivity contribution in [3.8, 4) is 66.8 Å². The van der Waals surface area contributed by atoms with Crippen molar-refractivity contribution in [3.05, 3.63) is 383 Å². The van der Waals surface area contributed by atoms with Crippen LogP contribution in [0.15, 0.2) is 255 Å². The molecule has 0 heterocycles. The van der Waals surface area contributed by atoms with E-state index in [9.17, 15) is 0 Å². The van der Waals surface area contributed by atoms with Crippen LogP contribution in [-0.2, 0) is 10.8 Å². The van der Waals surface area contributed by atoms with Crippen LogP contribution >= 0.6 is 0 Å². The highest BCUT2D eigenvalue weighted by Crippen LogP contribution is 2.51. The van der Waals surface area contributed by atoms with Gasteiger partial charge in [0.25, 0.3) is 0 Å². The van der Waals surface area contributed by atoms with Gasteiger partial charge in [-0.1, -0.05) is 363 Å². The molecule has 0 aliphatic heterocycles. The van der Waals surface area contributed by atoms with Crippen LogP contribution in [0.2, 0.25) is 19.6 Å². The molecule has 2 aliphatic carbocycles. The third-order valence-corrected chi connectivity index (χ3v) is 23.7. The number of hydrogen-bond acceptors (Lipinski definition) is 0. The van der Waals surface area contributed by atoms with Gasteiger partial charge >= 0.3 is 0 Å². The van der Waals surface area contributed by atoms with Gasteiger partial charge < -0.3 is 0 Å². The minimum atomic E-state index is -1.06. The predicted octanol–water partition coefficient (Wildman–Crippen LogP) is 29.5. The summed E-state index contributed by atoms with van der Waals surface area (Å²) in [7, 11) is -1.06. The van der Waals surface area contributed by atoms with Crippen LogP contribution < -0.4 is 5.19 Å². The first-order valence-corrected chi connectivity index (χ1v) is 42.1. The maximum Gasteiger partial charge on any atom is 0.0775 e. The number of aryl methyl sites for hydroxylation is 19. The van der Waals surface area contributed by atoms with Gasteiger partial charge in [0, 0.05) is 10.8 Å². The standard InChI is InChI=1S/C18H20.C17H18.C17H20.2C15H16.C14H14.C10H16Si/c1-11-6-7-14-15-9-12(2)8-13(3)17(15)18(4,5)16(14)10-11;1-11-9-14-13-7-5-6-8-15(13)17(3,4)16(14)10-12(11)2;1-11-6-12(2)10-16(9-11)17-14(4)7-13(3)8-15(17)5;1-11-4-6-14(7-5-11)15-9-12(2)8-13(3)10-15;1-11-7-9-14(10-8-11)15-12(2)5-4-6-13(15)3;1-11-8-9-14(10-12(11)2)13-6-4-3-5-7-13;1-9-5-7-10(8-6-9)11(2,3)4/h6-10H,1-5H3;5-10H,1-4H3;6-10H,1-5H3;2*4-10H,1-3H3;3-10H,1-2H3;5-8H,1-4H3. The average molecular weight is 1420 g/mol. The van der Waals surface area contributed by atoms with E-state index in [2.05, 4.69) is 428 Å². The fraction of sp³-hybridized carbons (Fsp3) is 0.264. The first-order chi connectivity index (χ1) is 50.5. The van der Waals surface area contributed by atoms with Crippen molar-refractivity contribution >= 4 is 13.3 Å². The molecule has 1 heteroatoms. The summed E-state index contributed by atoms with van der Waals surface area (Å²) in [5.74, 6) is 0. The Morgan fingerprint density at radius 2 is 0.607 bits per heavy atom. The van der Waals surface area contributed by atoms with Crippen LogP contribution in [0.25, 0.3) is 66.8 Å². The first kappa shape index (κ1) is 81.2. The first-order valence-electron chi connectivity index (χ1n) is 38.6. The van der Waals surface area contributed by atoms with Crippen molar-refractivity contribution in [1.29, 1.82) is 0 Å². The zero-order valence-electron chi connectivity index (χ0n) is 69.7. The van der Waals surface area contributed by atoms with Crippen molar-refractivity contribution in [3.63, 3.8) is 0 Å². The molecule has 0 bridgehead atoms. The number of hydrogen-bond donors (Lipinski definition) is 0. The van der Waals surface area contributed by atoms with Gasteiger partial charge in [0.2, 0.25) is 0 Å². The molecule has 0 saturated heterocycles. The van der Waals surface area contributed by atoms with Gasteiger partial charge in [-0.25, -0.2) is 0 Å². The fourth-order valence-corrected chi connectivity index (χ4v) is 16.9. The minimum absolute atomic E-state index is 0.133. The molecule has 0 nitrogen and oxygen atoms in total. The van der Waals surface area contributed by atoms with Crippen molar-refractivity contribution in [2.45, 2.75) is 190 Å². The molecule has 548 valence electrons. The van der Waals surface area contributed by atoms with E-state index in [0.29, 0.717) is 0 Å². The summed E-state index contributed by atoms with van der Waals surface area (Å²) in [5.41, 5.74) is 48.2. The molecule has 13 aromatic carbocycles. The van der Waals surface area contributed by atoms with Gasteiger partial charge in [0.05, 0.1) is 8.07 Å². The Morgan fingerprint density at radius 1 is 0.196 bits per heavy atom. The van der Waals surface area contributed by atoms with Gasteiger partial charge in [0.15, 0.2) is 0 Å². The molecular weight excluding hydrogens is 1300 g/mol. The molecule has 2 aliphatic rings. The Balaban J connectivity index is 0.000000145. The van der Waals surface area contributed by atoms with E-state index in [0.717, 1.165) is 0 Å². The Kier molecular flexibility index (Phi) is 26.4. The Bertz CT molecular complexity index is 5150. The molecule has 0 spiro atoms. The third kappa shape index (κ3) is 20.2. The largest absolute Gasteiger partial charge is 0.0775 e. The van der Waals surface area contributed by atoms with Crippen LogP contribution in [0.5, 0.6) is 0 Å². The molecule has 0 fully saturated rings. The molecular formula is C106H120Si. The maximum absolute atomic E-state index is 2.37. The lowest BCUT2D eigenvalue weighted by atomic mass is 9.80. The van der Waals surface area contributed by atoms with Crippen LogP contribution in [0.4, 0.5) is 0 Å². The van der Waals surface area contributed by atoms with E-state index >= 15 is 0 Å². The molecule has 0 atom stereocenters. The summed E-state index contributed by atoms with van der Waals surface area (Å²) in [5, 5.41) is 1.54. The number of benzene rings is 13. The van der Waals surface area contributed by atoms with E-state index < -0.39 is 8.07 Å². The third-order valence-electron chi connectivity index (χ3n) is 21.6. The SMILES string of the molecule is Cc1cc(C)c2c(c1)-c1ccc(C)cc1C2(C)C.Cc1cc(C)cc(-c2c(C)cc(C)cc2C)c1.Cc1cc2c(cc1C)C(C)(C)c1ccccc1-2.Cc1ccc(-c2c(C)cccc2C)cc1.Cc1ccc(-c2cc(C)cc(C)c2)cc1.Cc1ccc(-c2ccccc2)cc1C.Cc1ccc([Si](C)(C)C)cc1. The highest BCUT2D eigenvalue weighted by atomic mass is 28.3. The number of fused-ring (bicyclic) bond motifs is 6. The zero-order chi connectivity index (χ0) is 78.0. The Hall–Kier alpha value is -9.92. The van der Waals surface area contributed by atoms with Gasteiger partial charge in [-0.05, 0) is 271 Å². The molecule has 15 rings (SSSR count). The van der Waals surface area contributed by atoms with E-state index in [1.807, 2.05) is 6.07 Å². The van der Waals surface area contributed by atoms with Gasteiger partial charge in [-0.2, -0.15) is 0 Å². The van der Waals surface area contributed by atoms with Crippen molar-refractivity contribution in [2.75, 3.05) is 0 Å². The molecule has 0 aromatic heterocycles. The summed E-state index contributed by atoms with van der Waals surface area (Å²) in [6.45, 7) is 57.6. The fourth-order valence-electron chi connectivity index (χ4n) is 15.8. The second kappa shape index (κ2) is 34.8. The molecule has 0 saturated carbocycles. The van der Waals surface area contributed by atoms with Crippen LogP contribution in [0.3, 0.4) is 0 Å². The molecule has 0 radical (unpaired) electrons.